The summed E-state index contributed by atoms with van der Waals surface area (Å²) in [6, 6.07) is 3.87. The van der Waals surface area contributed by atoms with Gasteiger partial charge < -0.3 is 14.2 Å². The van der Waals surface area contributed by atoms with E-state index in [9.17, 15) is 4.79 Å². The molecule has 6 nitrogen and oxygen atoms in total. The quantitative estimate of drug-likeness (QED) is 0.814. The lowest BCUT2D eigenvalue weighted by molar-refractivity contribution is -0.132. The van der Waals surface area contributed by atoms with Crippen LogP contribution in [0.4, 0.5) is 0 Å². The number of carbonyl (C=O) groups is 1. The van der Waals surface area contributed by atoms with Gasteiger partial charge in [-0.2, -0.15) is 0 Å². The van der Waals surface area contributed by atoms with Crippen LogP contribution in [-0.4, -0.2) is 40.2 Å². The minimum atomic E-state index is 0.0664. The second kappa shape index (κ2) is 7.57. The van der Waals surface area contributed by atoms with Gasteiger partial charge in [0, 0.05) is 37.7 Å². The van der Waals surface area contributed by atoms with E-state index < -0.39 is 0 Å². The highest BCUT2D eigenvalue weighted by Gasteiger charge is 2.24. The highest BCUT2D eigenvalue weighted by molar-refractivity contribution is 5.79. The zero-order valence-corrected chi connectivity index (χ0v) is 14.2. The van der Waals surface area contributed by atoms with E-state index in [0.29, 0.717) is 25.3 Å². The molecule has 1 atom stereocenters. The number of amides is 1. The first-order valence-electron chi connectivity index (χ1n) is 8.33. The number of pyridine rings is 1. The minimum absolute atomic E-state index is 0.0664. The third-order valence-electron chi connectivity index (χ3n) is 4.43. The number of ether oxygens (including phenoxy) is 1. The largest absolute Gasteiger partial charge is 0.376 e. The van der Waals surface area contributed by atoms with Crippen LogP contribution in [0.3, 0.4) is 0 Å². The van der Waals surface area contributed by atoms with Crippen molar-refractivity contribution >= 4 is 5.91 Å². The summed E-state index contributed by atoms with van der Waals surface area (Å²) in [6.07, 6.45) is 5.99. The molecule has 128 valence electrons. The molecular weight excluding hydrogens is 306 g/mol. The van der Waals surface area contributed by atoms with Crippen molar-refractivity contribution in [1.82, 2.24) is 15.0 Å². The van der Waals surface area contributed by atoms with Gasteiger partial charge >= 0.3 is 0 Å². The van der Waals surface area contributed by atoms with Gasteiger partial charge in [0.15, 0.2) is 0 Å². The molecule has 2 aromatic rings. The molecule has 3 heterocycles. The van der Waals surface area contributed by atoms with Crippen LogP contribution < -0.4 is 0 Å². The molecule has 1 fully saturated rings. The van der Waals surface area contributed by atoms with Gasteiger partial charge in [-0.05, 0) is 44.4 Å². The molecule has 1 amide bonds. The second-order valence-corrected chi connectivity index (χ2v) is 6.24. The van der Waals surface area contributed by atoms with Crippen molar-refractivity contribution in [3.63, 3.8) is 0 Å². The zero-order chi connectivity index (χ0) is 16.9. The Hall–Kier alpha value is -2.21. The lowest BCUT2D eigenvalue weighted by atomic mass is 10.1. The molecule has 1 aliphatic rings. The number of hydrogen-bond donors (Lipinski definition) is 0. The summed E-state index contributed by atoms with van der Waals surface area (Å²) >= 11 is 0. The average molecular weight is 329 g/mol. The van der Waals surface area contributed by atoms with Crippen molar-refractivity contribution in [3.8, 4) is 0 Å². The number of rotatable bonds is 6. The molecule has 2 aromatic heterocycles. The van der Waals surface area contributed by atoms with E-state index in [0.717, 1.165) is 36.3 Å². The fourth-order valence-corrected chi connectivity index (χ4v) is 3.01. The summed E-state index contributed by atoms with van der Waals surface area (Å²) in [6.45, 7) is 5.67. The maximum absolute atomic E-state index is 12.9. The summed E-state index contributed by atoms with van der Waals surface area (Å²) in [7, 11) is 0. The average Bonchev–Trinajstić information content (AvgIpc) is 3.20. The Kier molecular flexibility index (Phi) is 5.25. The maximum Gasteiger partial charge on any atom is 0.227 e. The van der Waals surface area contributed by atoms with Crippen molar-refractivity contribution in [3.05, 3.63) is 47.1 Å². The van der Waals surface area contributed by atoms with Crippen LogP contribution in [0.1, 0.15) is 35.4 Å². The summed E-state index contributed by atoms with van der Waals surface area (Å²) in [5, 5.41) is 3.94. The maximum atomic E-state index is 12.9. The third-order valence-corrected chi connectivity index (χ3v) is 4.43. The van der Waals surface area contributed by atoms with Crippen LogP contribution >= 0.6 is 0 Å². The zero-order valence-electron chi connectivity index (χ0n) is 14.2. The SMILES string of the molecule is Cc1noc(C)c1CC(=O)N(Cc1ccncc1)CC1CCCO1. The molecule has 1 unspecified atom stereocenters. The van der Waals surface area contributed by atoms with Gasteiger partial charge in [-0.1, -0.05) is 5.16 Å². The molecule has 0 aliphatic carbocycles. The fraction of sp³-hybridized carbons (Fsp3) is 0.500. The van der Waals surface area contributed by atoms with Crippen LogP contribution in [0.2, 0.25) is 0 Å². The van der Waals surface area contributed by atoms with Gasteiger partial charge in [0.2, 0.25) is 5.91 Å². The predicted octanol–water partition coefficient (Wildman–Crippen LogP) is 2.44. The molecule has 6 heteroatoms. The molecular formula is C18H23N3O3. The van der Waals surface area contributed by atoms with Gasteiger partial charge in [-0.15, -0.1) is 0 Å². The van der Waals surface area contributed by atoms with E-state index in [1.165, 1.54) is 0 Å². The smallest absolute Gasteiger partial charge is 0.227 e. The Bertz CT molecular complexity index is 659. The molecule has 0 saturated carbocycles. The summed E-state index contributed by atoms with van der Waals surface area (Å²) < 4.78 is 10.9. The Morgan fingerprint density at radius 2 is 2.12 bits per heavy atom. The number of hydrogen-bond acceptors (Lipinski definition) is 5. The molecule has 3 rings (SSSR count). The van der Waals surface area contributed by atoms with Gasteiger partial charge in [-0.25, -0.2) is 0 Å². The third kappa shape index (κ3) is 4.00. The number of aryl methyl sites for hydroxylation is 2. The van der Waals surface area contributed by atoms with Gasteiger partial charge in [0.1, 0.15) is 5.76 Å². The standard InChI is InChI=1S/C18H23N3O3/c1-13-17(14(2)24-20-13)10-18(22)21(12-16-4-3-9-23-16)11-15-5-7-19-8-6-15/h5-8,16H,3-4,9-12H2,1-2H3. The van der Waals surface area contributed by atoms with E-state index in [1.54, 1.807) is 12.4 Å². The van der Waals surface area contributed by atoms with E-state index in [4.69, 9.17) is 9.26 Å². The first kappa shape index (κ1) is 16.6. The Morgan fingerprint density at radius 3 is 2.75 bits per heavy atom. The van der Waals surface area contributed by atoms with Gasteiger partial charge in [0.05, 0.1) is 18.2 Å². The van der Waals surface area contributed by atoms with Crippen LogP contribution in [0.5, 0.6) is 0 Å². The van der Waals surface area contributed by atoms with Crippen molar-refractivity contribution in [2.75, 3.05) is 13.2 Å². The Labute approximate surface area is 141 Å². The van der Waals surface area contributed by atoms with Crippen LogP contribution in [0.25, 0.3) is 0 Å². The van der Waals surface area contributed by atoms with E-state index in [1.807, 2.05) is 30.9 Å². The second-order valence-electron chi connectivity index (χ2n) is 6.24. The van der Waals surface area contributed by atoms with Gasteiger partial charge in [-0.3, -0.25) is 9.78 Å². The monoisotopic (exact) mass is 329 g/mol. The van der Waals surface area contributed by atoms with Crippen LogP contribution in [0.15, 0.2) is 29.0 Å². The fourth-order valence-electron chi connectivity index (χ4n) is 3.01. The molecule has 0 N–H and O–H groups in total. The molecule has 1 saturated heterocycles. The molecule has 0 aromatic carbocycles. The molecule has 0 spiro atoms. The van der Waals surface area contributed by atoms with E-state index >= 15 is 0 Å². The first-order valence-corrected chi connectivity index (χ1v) is 8.33. The van der Waals surface area contributed by atoms with Crippen LogP contribution in [0, 0.1) is 13.8 Å². The molecule has 0 bridgehead atoms. The molecule has 24 heavy (non-hydrogen) atoms. The Morgan fingerprint density at radius 1 is 1.33 bits per heavy atom. The van der Waals surface area contributed by atoms with Gasteiger partial charge in [0.25, 0.3) is 0 Å². The summed E-state index contributed by atoms with van der Waals surface area (Å²) in [5.41, 5.74) is 2.73. The lowest BCUT2D eigenvalue weighted by Crippen LogP contribution is -2.38. The number of nitrogens with zero attached hydrogens (tertiary/aromatic N) is 3. The number of aromatic nitrogens is 2. The lowest BCUT2D eigenvalue weighted by Gasteiger charge is -2.25. The molecule has 1 aliphatic heterocycles. The summed E-state index contributed by atoms with van der Waals surface area (Å²) in [4.78, 5) is 18.8. The minimum Gasteiger partial charge on any atom is -0.376 e. The van der Waals surface area contributed by atoms with Crippen LogP contribution in [-0.2, 0) is 22.5 Å². The van der Waals surface area contributed by atoms with Crippen molar-refractivity contribution in [2.24, 2.45) is 0 Å². The normalized spacial score (nSPS) is 17.2. The molecule has 0 radical (unpaired) electrons. The predicted molar refractivity (Wildman–Crippen MR) is 88.3 cm³/mol. The Balaban J connectivity index is 1.73. The van der Waals surface area contributed by atoms with Crippen molar-refractivity contribution in [2.45, 2.75) is 45.8 Å². The van der Waals surface area contributed by atoms with E-state index in [2.05, 4.69) is 10.1 Å². The summed E-state index contributed by atoms with van der Waals surface area (Å²) in [5.74, 6) is 0.776. The van der Waals surface area contributed by atoms with Crippen molar-refractivity contribution < 1.29 is 14.1 Å². The highest BCUT2D eigenvalue weighted by Crippen LogP contribution is 2.18. The topological polar surface area (TPSA) is 68.5 Å². The van der Waals surface area contributed by atoms with Crippen molar-refractivity contribution in [1.29, 1.82) is 0 Å². The van der Waals surface area contributed by atoms with E-state index in [-0.39, 0.29) is 12.0 Å². The first-order chi connectivity index (χ1) is 11.6. The highest BCUT2D eigenvalue weighted by atomic mass is 16.5. The number of carbonyl (C=O) groups excluding carboxylic acids is 1.